The normalized spacial score (nSPS) is 21.9. The number of nitrogens with zero attached hydrogens (tertiary/aromatic N) is 1. The van der Waals surface area contributed by atoms with E-state index < -0.39 is 0 Å². The van der Waals surface area contributed by atoms with E-state index in [4.69, 9.17) is 23.2 Å². The lowest BCUT2D eigenvalue weighted by Crippen LogP contribution is -2.41. The van der Waals surface area contributed by atoms with Crippen LogP contribution >= 0.6 is 23.2 Å². The van der Waals surface area contributed by atoms with E-state index in [-0.39, 0.29) is 22.5 Å². The summed E-state index contributed by atoms with van der Waals surface area (Å²) in [6.07, 6.45) is 4.68. The molecular formula is C13H16Cl2N2O. The van der Waals surface area contributed by atoms with Crippen LogP contribution in [0.25, 0.3) is 0 Å². The Kier molecular flexibility index (Phi) is 3.83. The maximum atomic E-state index is 12.2. The molecule has 1 fully saturated rings. The van der Waals surface area contributed by atoms with E-state index in [1.54, 1.807) is 0 Å². The summed E-state index contributed by atoms with van der Waals surface area (Å²) in [4.78, 5) is 16.0. The molecule has 1 heterocycles. The van der Waals surface area contributed by atoms with Gasteiger partial charge in [-0.1, -0.05) is 43.5 Å². The van der Waals surface area contributed by atoms with Gasteiger partial charge in [0.05, 0.1) is 10.6 Å². The minimum Gasteiger partial charge on any atom is -0.349 e. The molecule has 2 rings (SSSR count). The van der Waals surface area contributed by atoms with Crippen LogP contribution in [-0.2, 0) is 0 Å². The molecule has 18 heavy (non-hydrogen) atoms. The molecule has 1 aromatic rings. The third kappa shape index (κ3) is 2.78. The molecule has 98 valence electrons. The minimum atomic E-state index is -0.177. The second-order valence-corrected chi connectivity index (χ2v) is 6.19. The van der Waals surface area contributed by atoms with Crippen molar-refractivity contribution in [3.63, 3.8) is 0 Å². The fraction of sp³-hybridized carbons (Fsp3) is 0.538. The maximum absolute atomic E-state index is 12.2. The predicted molar refractivity (Wildman–Crippen MR) is 73.1 cm³/mol. The van der Waals surface area contributed by atoms with Gasteiger partial charge in [0.15, 0.2) is 0 Å². The van der Waals surface area contributed by atoms with Crippen LogP contribution in [0.4, 0.5) is 0 Å². The molecule has 1 saturated carbocycles. The number of aromatic nitrogens is 1. The van der Waals surface area contributed by atoms with E-state index in [1.165, 1.54) is 12.3 Å². The lowest BCUT2D eigenvalue weighted by molar-refractivity contribution is 0.0910. The van der Waals surface area contributed by atoms with Gasteiger partial charge in [-0.05, 0) is 24.3 Å². The van der Waals surface area contributed by atoms with E-state index in [9.17, 15) is 4.79 Å². The minimum absolute atomic E-state index is 0.138. The summed E-state index contributed by atoms with van der Waals surface area (Å²) in [5.74, 6) is -0.177. The van der Waals surface area contributed by atoms with Gasteiger partial charge in [-0.2, -0.15) is 0 Å². The van der Waals surface area contributed by atoms with Crippen molar-refractivity contribution in [1.29, 1.82) is 0 Å². The number of nitrogens with one attached hydrogen (secondary N) is 1. The molecule has 0 aromatic carbocycles. The number of carbonyl (C=O) groups is 1. The number of pyridine rings is 1. The second-order valence-electron chi connectivity index (χ2n) is 5.39. The first-order valence-corrected chi connectivity index (χ1v) is 6.78. The predicted octanol–water partition coefficient (Wildman–Crippen LogP) is 3.70. The zero-order valence-electron chi connectivity index (χ0n) is 10.5. The van der Waals surface area contributed by atoms with Crippen LogP contribution in [0.1, 0.15) is 43.5 Å². The molecule has 3 nitrogen and oxygen atoms in total. The van der Waals surface area contributed by atoms with E-state index >= 15 is 0 Å². The van der Waals surface area contributed by atoms with Crippen LogP contribution in [0.15, 0.2) is 12.3 Å². The Hall–Kier alpha value is -0.800. The van der Waals surface area contributed by atoms with Crippen molar-refractivity contribution >= 4 is 29.1 Å². The summed E-state index contributed by atoms with van der Waals surface area (Å²) in [6, 6.07) is 1.69. The molecule has 1 aromatic heterocycles. The molecule has 0 bridgehead atoms. The second kappa shape index (κ2) is 5.06. The molecule has 0 saturated heterocycles. The zero-order chi connectivity index (χ0) is 13.3. The SMILES string of the molecule is CC1(C)CCCC1NC(=O)c1cc(Cl)ncc1Cl. The van der Waals surface area contributed by atoms with Gasteiger partial charge < -0.3 is 5.32 Å². The summed E-state index contributed by atoms with van der Waals surface area (Å²) >= 11 is 11.7. The van der Waals surface area contributed by atoms with Crippen LogP contribution in [0, 0.1) is 5.41 Å². The molecule has 1 aliphatic rings. The smallest absolute Gasteiger partial charge is 0.253 e. The van der Waals surface area contributed by atoms with Crippen LogP contribution in [-0.4, -0.2) is 16.9 Å². The summed E-state index contributed by atoms with van der Waals surface area (Å²) in [7, 11) is 0. The van der Waals surface area contributed by atoms with Gasteiger partial charge in [-0.3, -0.25) is 4.79 Å². The monoisotopic (exact) mass is 286 g/mol. The first-order chi connectivity index (χ1) is 8.40. The highest BCUT2D eigenvalue weighted by atomic mass is 35.5. The maximum Gasteiger partial charge on any atom is 0.253 e. The van der Waals surface area contributed by atoms with Crippen molar-refractivity contribution in [3.05, 3.63) is 28.0 Å². The van der Waals surface area contributed by atoms with E-state index in [2.05, 4.69) is 24.1 Å². The Labute approximate surface area is 117 Å². The molecule has 1 amide bonds. The van der Waals surface area contributed by atoms with Gasteiger partial charge >= 0.3 is 0 Å². The summed E-state index contributed by atoms with van der Waals surface area (Å²) in [6.45, 7) is 4.35. The third-order valence-corrected chi connectivity index (χ3v) is 4.14. The van der Waals surface area contributed by atoms with Gasteiger partial charge in [0.2, 0.25) is 0 Å². The van der Waals surface area contributed by atoms with Crippen molar-refractivity contribution in [2.45, 2.75) is 39.2 Å². The summed E-state index contributed by atoms with van der Waals surface area (Å²) < 4.78 is 0. The van der Waals surface area contributed by atoms with Crippen molar-refractivity contribution in [2.75, 3.05) is 0 Å². The largest absolute Gasteiger partial charge is 0.349 e. The van der Waals surface area contributed by atoms with Crippen LogP contribution in [0.5, 0.6) is 0 Å². The Bertz CT molecular complexity index is 474. The molecular weight excluding hydrogens is 271 g/mol. The standard InChI is InChI=1S/C13H16Cl2N2O/c1-13(2)5-3-4-10(13)17-12(18)8-6-11(15)16-7-9(8)14/h6-7,10H,3-5H2,1-2H3,(H,17,18). The molecule has 0 aliphatic heterocycles. The van der Waals surface area contributed by atoms with Crippen molar-refractivity contribution in [2.24, 2.45) is 5.41 Å². The Morgan fingerprint density at radius 2 is 2.22 bits per heavy atom. The van der Waals surface area contributed by atoms with Gasteiger partial charge in [-0.25, -0.2) is 4.98 Å². The number of hydrogen-bond donors (Lipinski definition) is 1. The average molecular weight is 287 g/mol. The molecule has 1 aliphatic carbocycles. The van der Waals surface area contributed by atoms with E-state index in [0.717, 1.165) is 19.3 Å². The van der Waals surface area contributed by atoms with Gasteiger partial charge in [0.1, 0.15) is 5.15 Å². The molecule has 5 heteroatoms. The molecule has 1 atom stereocenters. The number of rotatable bonds is 2. The fourth-order valence-corrected chi connectivity index (χ4v) is 2.76. The number of amides is 1. The van der Waals surface area contributed by atoms with Crippen LogP contribution in [0.3, 0.4) is 0 Å². The van der Waals surface area contributed by atoms with Crippen molar-refractivity contribution in [1.82, 2.24) is 10.3 Å². The Balaban J connectivity index is 2.15. The Morgan fingerprint density at radius 1 is 1.50 bits per heavy atom. The van der Waals surface area contributed by atoms with Gasteiger partial charge in [0, 0.05) is 12.2 Å². The quantitative estimate of drug-likeness (QED) is 0.843. The summed E-state index contributed by atoms with van der Waals surface area (Å²) in [5, 5.41) is 3.64. The molecule has 1 unspecified atom stereocenters. The van der Waals surface area contributed by atoms with Gasteiger partial charge in [0.25, 0.3) is 5.91 Å². The highest BCUT2D eigenvalue weighted by molar-refractivity contribution is 6.35. The average Bonchev–Trinajstić information content (AvgIpc) is 2.62. The van der Waals surface area contributed by atoms with Gasteiger partial charge in [-0.15, -0.1) is 0 Å². The van der Waals surface area contributed by atoms with E-state index in [0.29, 0.717) is 10.6 Å². The molecule has 0 spiro atoms. The first kappa shape index (κ1) is 13.6. The number of carbonyl (C=O) groups excluding carboxylic acids is 1. The Morgan fingerprint density at radius 3 is 2.83 bits per heavy atom. The molecule has 0 radical (unpaired) electrons. The number of halogens is 2. The van der Waals surface area contributed by atoms with Crippen LogP contribution in [0.2, 0.25) is 10.2 Å². The highest BCUT2D eigenvalue weighted by Crippen LogP contribution is 2.37. The number of hydrogen-bond acceptors (Lipinski definition) is 2. The highest BCUT2D eigenvalue weighted by Gasteiger charge is 2.35. The first-order valence-electron chi connectivity index (χ1n) is 6.02. The fourth-order valence-electron chi connectivity index (χ4n) is 2.42. The summed E-state index contributed by atoms with van der Waals surface area (Å²) in [5.41, 5.74) is 0.526. The lowest BCUT2D eigenvalue weighted by Gasteiger charge is -2.27. The van der Waals surface area contributed by atoms with Crippen LogP contribution < -0.4 is 5.32 Å². The lowest BCUT2D eigenvalue weighted by atomic mass is 9.87. The van der Waals surface area contributed by atoms with E-state index in [1.807, 2.05) is 0 Å². The molecule has 1 N–H and O–H groups in total. The topological polar surface area (TPSA) is 42.0 Å². The van der Waals surface area contributed by atoms with Crippen molar-refractivity contribution in [3.8, 4) is 0 Å². The zero-order valence-corrected chi connectivity index (χ0v) is 12.0. The third-order valence-electron chi connectivity index (χ3n) is 3.63. The van der Waals surface area contributed by atoms with Crippen molar-refractivity contribution < 1.29 is 4.79 Å².